The van der Waals surface area contributed by atoms with Gasteiger partial charge in [0.1, 0.15) is 18.1 Å². The second-order valence-electron chi connectivity index (χ2n) is 9.42. The number of Topliss-reactive ketones (excluding diaryl/α,β-unsaturated/α-hetero) is 1. The highest BCUT2D eigenvalue weighted by molar-refractivity contribution is 7.89. The number of carbonyl (C=O) groups excluding carboxylic acids is 2. The number of amides is 1. The van der Waals surface area contributed by atoms with Crippen LogP contribution in [0.15, 0.2) is 83.1 Å². The Bertz CT molecular complexity index is 1620. The van der Waals surface area contributed by atoms with Crippen molar-refractivity contribution in [3.05, 3.63) is 89.3 Å². The third-order valence-corrected chi connectivity index (χ3v) is 9.46. The van der Waals surface area contributed by atoms with Crippen molar-refractivity contribution < 1.29 is 22.7 Å². The van der Waals surface area contributed by atoms with Gasteiger partial charge in [0, 0.05) is 17.5 Å². The van der Waals surface area contributed by atoms with Gasteiger partial charge < -0.3 is 9.64 Å². The number of hydrogen-bond donors (Lipinski definition) is 0. The number of rotatable bonds is 8. The molecule has 1 amide bonds. The molecule has 1 aromatic heterocycles. The molecule has 3 heterocycles. The number of hydrogen-bond acceptors (Lipinski definition) is 8. The van der Waals surface area contributed by atoms with Crippen LogP contribution in [0.25, 0.3) is 11.3 Å². The van der Waals surface area contributed by atoms with E-state index in [1.165, 1.54) is 32.9 Å². The van der Waals surface area contributed by atoms with Crippen LogP contribution in [0.5, 0.6) is 5.75 Å². The smallest absolute Gasteiger partial charge is 0.299 e. The summed E-state index contributed by atoms with van der Waals surface area (Å²) in [5.74, 6) is -0.710. The molecular weight excluding hydrogens is 536 g/mol. The highest BCUT2D eigenvalue weighted by Crippen LogP contribution is 2.35. The summed E-state index contributed by atoms with van der Waals surface area (Å²) in [4.78, 5) is 27.2. The topological polar surface area (TPSA) is 110 Å². The minimum atomic E-state index is -3.90. The molecule has 0 spiro atoms. The predicted octanol–water partition coefficient (Wildman–Crippen LogP) is 4.17. The zero-order valence-corrected chi connectivity index (χ0v) is 22.4. The van der Waals surface area contributed by atoms with E-state index in [9.17, 15) is 18.0 Å². The maximum absolute atomic E-state index is 13.6. The van der Waals surface area contributed by atoms with Crippen LogP contribution >= 0.6 is 11.5 Å². The Morgan fingerprint density at radius 2 is 1.79 bits per heavy atom. The lowest BCUT2D eigenvalue weighted by molar-refractivity contribution is -0.114. The van der Waals surface area contributed by atoms with Crippen LogP contribution in [0.3, 0.4) is 0 Å². The Labute approximate surface area is 229 Å². The van der Waals surface area contributed by atoms with Gasteiger partial charge in [-0.1, -0.05) is 47.0 Å². The largest absolute Gasteiger partial charge is 0.492 e. The van der Waals surface area contributed by atoms with Crippen LogP contribution in [0.1, 0.15) is 28.8 Å². The van der Waals surface area contributed by atoms with E-state index in [-0.39, 0.29) is 29.7 Å². The molecule has 198 valence electrons. The van der Waals surface area contributed by atoms with Crippen molar-refractivity contribution in [1.29, 1.82) is 0 Å². The Morgan fingerprint density at radius 3 is 2.54 bits per heavy atom. The van der Waals surface area contributed by atoms with Crippen LogP contribution in [-0.4, -0.2) is 53.2 Å². The Balaban J connectivity index is 1.21. The summed E-state index contributed by atoms with van der Waals surface area (Å²) in [7, 11) is -3.90. The van der Waals surface area contributed by atoms with Crippen molar-refractivity contribution in [2.75, 3.05) is 18.1 Å². The van der Waals surface area contributed by atoms with E-state index >= 15 is 0 Å². The van der Waals surface area contributed by atoms with E-state index in [4.69, 9.17) is 4.74 Å². The number of para-hydroxylation sites is 1. The van der Waals surface area contributed by atoms with E-state index in [1.807, 2.05) is 60.0 Å². The number of carbonyl (C=O) groups is 2. The third-order valence-electron chi connectivity index (χ3n) is 7.01. The molecule has 0 aliphatic carbocycles. The summed E-state index contributed by atoms with van der Waals surface area (Å²) in [6.45, 7) is 0.787. The molecule has 1 fully saturated rings. The molecule has 2 aliphatic rings. The SMILES string of the molecule is O=C1C(=O)N(Cc2ccc(-c3csnn3)cc2)c2ccc(S(=O)(=O)N3CCCC3COc3ccccc3)cc21. The van der Waals surface area contributed by atoms with Crippen molar-refractivity contribution >= 4 is 38.9 Å². The van der Waals surface area contributed by atoms with Gasteiger partial charge in [-0.25, -0.2) is 8.42 Å². The van der Waals surface area contributed by atoms with Gasteiger partial charge in [0.25, 0.3) is 11.7 Å². The summed E-state index contributed by atoms with van der Waals surface area (Å²) < 4.78 is 38.3. The molecular formula is C28H24N4O5S2. The number of sulfonamides is 1. The first-order valence-electron chi connectivity index (χ1n) is 12.5. The first-order chi connectivity index (χ1) is 18.9. The second kappa shape index (κ2) is 10.3. The van der Waals surface area contributed by atoms with Gasteiger partial charge in [-0.3, -0.25) is 9.59 Å². The minimum Gasteiger partial charge on any atom is -0.492 e. The first kappa shape index (κ1) is 25.4. The third kappa shape index (κ3) is 4.84. The number of ketones is 1. The van der Waals surface area contributed by atoms with Gasteiger partial charge in [0.2, 0.25) is 10.0 Å². The summed E-state index contributed by atoms with van der Waals surface area (Å²) in [6.07, 6.45) is 1.40. The molecule has 1 atom stereocenters. The standard InChI is InChI=1S/C28H24N4O5S2/c33-27-24-15-23(39(35,36)32-14-4-5-21(32)17-37-22-6-2-1-3-7-22)12-13-26(24)31(28(27)34)16-19-8-10-20(11-9-19)25-18-38-30-29-25/h1-3,6-13,15,18,21H,4-5,14,16-17H2. The van der Waals surface area contributed by atoms with Crippen LogP contribution in [0, 0.1) is 0 Å². The van der Waals surface area contributed by atoms with Crippen LogP contribution in [-0.2, 0) is 21.4 Å². The number of nitrogens with zero attached hydrogens (tertiary/aromatic N) is 4. The molecule has 2 aliphatic heterocycles. The van der Waals surface area contributed by atoms with Crippen LogP contribution < -0.4 is 9.64 Å². The second-order valence-corrected chi connectivity index (χ2v) is 11.9. The van der Waals surface area contributed by atoms with Crippen molar-refractivity contribution in [1.82, 2.24) is 13.9 Å². The molecule has 0 saturated carbocycles. The van der Waals surface area contributed by atoms with Crippen molar-refractivity contribution in [2.24, 2.45) is 0 Å². The maximum Gasteiger partial charge on any atom is 0.299 e. The molecule has 1 unspecified atom stereocenters. The van der Waals surface area contributed by atoms with Crippen molar-refractivity contribution in [3.8, 4) is 17.0 Å². The maximum atomic E-state index is 13.6. The molecule has 6 rings (SSSR count). The highest BCUT2D eigenvalue weighted by atomic mass is 32.2. The Kier molecular flexibility index (Phi) is 6.71. The molecule has 11 heteroatoms. The number of aromatic nitrogens is 2. The zero-order valence-electron chi connectivity index (χ0n) is 20.8. The lowest BCUT2D eigenvalue weighted by atomic mass is 10.1. The average Bonchev–Trinajstić information content (AvgIpc) is 3.71. The van der Waals surface area contributed by atoms with Gasteiger partial charge in [0.15, 0.2) is 0 Å². The van der Waals surface area contributed by atoms with Crippen molar-refractivity contribution in [3.63, 3.8) is 0 Å². The van der Waals surface area contributed by atoms with E-state index in [1.54, 1.807) is 6.07 Å². The molecule has 39 heavy (non-hydrogen) atoms. The van der Waals surface area contributed by atoms with Gasteiger partial charge in [-0.15, -0.1) is 5.10 Å². The number of benzene rings is 3. The fourth-order valence-electron chi connectivity index (χ4n) is 4.99. The normalized spacial score (nSPS) is 17.5. The van der Waals surface area contributed by atoms with Gasteiger partial charge in [0.05, 0.1) is 28.7 Å². The summed E-state index contributed by atoms with van der Waals surface area (Å²) in [5, 5.41) is 5.90. The summed E-state index contributed by atoms with van der Waals surface area (Å²) in [5.41, 5.74) is 3.00. The number of fused-ring (bicyclic) bond motifs is 1. The van der Waals surface area contributed by atoms with Crippen LogP contribution in [0.2, 0.25) is 0 Å². The molecule has 1 saturated heterocycles. The zero-order chi connectivity index (χ0) is 27.0. The monoisotopic (exact) mass is 560 g/mol. The summed E-state index contributed by atoms with van der Waals surface area (Å²) >= 11 is 1.27. The Hall–Kier alpha value is -3.93. The van der Waals surface area contributed by atoms with Crippen molar-refractivity contribution in [2.45, 2.75) is 30.3 Å². The summed E-state index contributed by atoms with van der Waals surface area (Å²) in [6, 6.07) is 20.8. The van der Waals surface area contributed by atoms with Gasteiger partial charge in [-0.2, -0.15) is 4.31 Å². The fraction of sp³-hybridized carbons (Fsp3) is 0.214. The fourth-order valence-corrected chi connectivity index (χ4v) is 7.16. The lowest BCUT2D eigenvalue weighted by Crippen LogP contribution is -2.39. The van der Waals surface area contributed by atoms with E-state index in [2.05, 4.69) is 9.59 Å². The molecule has 0 radical (unpaired) electrons. The first-order valence-corrected chi connectivity index (χ1v) is 14.8. The lowest BCUT2D eigenvalue weighted by Gasteiger charge is -2.24. The van der Waals surface area contributed by atoms with Gasteiger partial charge >= 0.3 is 0 Å². The molecule has 9 nitrogen and oxygen atoms in total. The van der Waals surface area contributed by atoms with E-state index in [0.29, 0.717) is 24.4 Å². The number of anilines is 1. The molecule has 4 aromatic rings. The van der Waals surface area contributed by atoms with E-state index in [0.717, 1.165) is 23.2 Å². The average molecular weight is 561 g/mol. The minimum absolute atomic E-state index is 0.00270. The molecule has 0 bridgehead atoms. The van der Waals surface area contributed by atoms with Crippen LogP contribution in [0.4, 0.5) is 5.69 Å². The molecule has 0 N–H and O–H groups in total. The highest BCUT2D eigenvalue weighted by Gasteiger charge is 2.40. The predicted molar refractivity (Wildman–Crippen MR) is 146 cm³/mol. The Morgan fingerprint density at radius 1 is 1.00 bits per heavy atom. The van der Waals surface area contributed by atoms with Gasteiger partial charge in [-0.05, 0) is 60.3 Å². The molecule has 3 aromatic carbocycles. The quantitative estimate of drug-likeness (QED) is 0.298. The number of ether oxygens (including phenoxy) is 1. The van der Waals surface area contributed by atoms with E-state index < -0.39 is 21.7 Å².